The minimum Gasteiger partial charge on any atom is -0.427 e. The summed E-state index contributed by atoms with van der Waals surface area (Å²) in [7, 11) is 0. The number of allylic oxidation sites excluding steroid dienone is 5. The molecule has 2 rings (SSSR count). The second-order valence-electron chi connectivity index (χ2n) is 4.20. The minimum atomic E-state index is -0.559. The fourth-order valence-corrected chi connectivity index (χ4v) is 1.95. The molecule has 1 fully saturated rings. The number of ether oxygens (including phenoxy) is 2. The standard InChI is InChI=1S/C13H16O3/c1-9-5-3-4-6-11(8-7-9)12-10(2)15-13(14)16-12/h3,5,7-8,10,12H,4,6H2,1-2H3. The second-order valence-corrected chi connectivity index (χ2v) is 4.20. The van der Waals surface area contributed by atoms with Crippen molar-refractivity contribution in [3.05, 3.63) is 35.5 Å². The summed E-state index contributed by atoms with van der Waals surface area (Å²) in [5.41, 5.74) is 2.33. The van der Waals surface area contributed by atoms with E-state index in [4.69, 9.17) is 9.47 Å². The molecule has 3 heteroatoms. The van der Waals surface area contributed by atoms with Crippen LogP contribution in [-0.4, -0.2) is 18.4 Å². The van der Waals surface area contributed by atoms with E-state index < -0.39 is 6.16 Å². The van der Waals surface area contributed by atoms with Crippen LogP contribution in [0, 0.1) is 0 Å². The van der Waals surface area contributed by atoms with Gasteiger partial charge in [0.2, 0.25) is 0 Å². The van der Waals surface area contributed by atoms with E-state index in [0.29, 0.717) is 0 Å². The third-order valence-corrected chi connectivity index (χ3v) is 2.84. The lowest BCUT2D eigenvalue weighted by Gasteiger charge is -2.15. The highest BCUT2D eigenvalue weighted by molar-refractivity contribution is 5.63. The molecule has 0 bridgehead atoms. The van der Waals surface area contributed by atoms with Gasteiger partial charge in [-0.05, 0) is 32.3 Å². The molecule has 0 N–H and O–H groups in total. The van der Waals surface area contributed by atoms with Crippen molar-refractivity contribution in [2.75, 3.05) is 0 Å². The van der Waals surface area contributed by atoms with Crippen molar-refractivity contribution in [1.82, 2.24) is 0 Å². The van der Waals surface area contributed by atoms with Gasteiger partial charge in [0.1, 0.15) is 6.10 Å². The fourth-order valence-electron chi connectivity index (χ4n) is 1.95. The zero-order valence-electron chi connectivity index (χ0n) is 9.60. The summed E-state index contributed by atoms with van der Waals surface area (Å²) in [6.07, 6.45) is 9.25. The number of hydrogen-bond acceptors (Lipinski definition) is 3. The zero-order chi connectivity index (χ0) is 11.5. The number of carbonyl (C=O) groups is 1. The van der Waals surface area contributed by atoms with Crippen molar-refractivity contribution in [3.63, 3.8) is 0 Å². The summed E-state index contributed by atoms with van der Waals surface area (Å²) in [6, 6.07) is 0. The Morgan fingerprint density at radius 1 is 1.31 bits per heavy atom. The van der Waals surface area contributed by atoms with Gasteiger partial charge in [0.25, 0.3) is 0 Å². The number of cyclic esters (lactones) is 2. The van der Waals surface area contributed by atoms with Gasteiger partial charge in [-0.1, -0.05) is 29.9 Å². The van der Waals surface area contributed by atoms with Crippen LogP contribution in [0.1, 0.15) is 26.7 Å². The summed E-state index contributed by atoms with van der Waals surface area (Å²) in [5, 5.41) is 0. The Labute approximate surface area is 95.4 Å². The molecule has 1 saturated heterocycles. The fraction of sp³-hybridized carbons (Fsp3) is 0.462. The van der Waals surface area contributed by atoms with Crippen LogP contribution in [0.15, 0.2) is 35.5 Å². The molecule has 86 valence electrons. The molecule has 1 aliphatic carbocycles. The Balaban J connectivity index is 2.17. The molecule has 16 heavy (non-hydrogen) atoms. The summed E-state index contributed by atoms with van der Waals surface area (Å²) >= 11 is 0. The molecule has 2 unspecified atom stereocenters. The van der Waals surface area contributed by atoms with E-state index in [0.717, 1.165) is 18.4 Å². The van der Waals surface area contributed by atoms with Crippen molar-refractivity contribution >= 4 is 6.16 Å². The first kappa shape index (κ1) is 11.0. The summed E-state index contributed by atoms with van der Waals surface area (Å²) in [4.78, 5) is 11.0. The SMILES string of the molecule is CC1=CC=C(C2OC(=O)OC2C)CCC=C1. The molecule has 0 amide bonds. The van der Waals surface area contributed by atoms with E-state index in [1.54, 1.807) is 0 Å². The van der Waals surface area contributed by atoms with Crippen LogP contribution >= 0.6 is 0 Å². The van der Waals surface area contributed by atoms with Gasteiger partial charge in [-0.25, -0.2) is 4.79 Å². The topological polar surface area (TPSA) is 35.5 Å². The van der Waals surface area contributed by atoms with Gasteiger partial charge in [-0.3, -0.25) is 0 Å². The van der Waals surface area contributed by atoms with Crippen LogP contribution in [0.4, 0.5) is 4.79 Å². The van der Waals surface area contributed by atoms with Gasteiger partial charge in [0.15, 0.2) is 6.10 Å². The van der Waals surface area contributed by atoms with Crippen LogP contribution < -0.4 is 0 Å². The monoisotopic (exact) mass is 220 g/mol. The van der Waals surface area contributed by atoms with Crippen molar-refractivity contribution in [3.8, 4) is 0 Å². The van der Waals surface area contributed by atoms with Gasteiger partial charge < -0.3 is 9.47 Å². The predicted molar refractivity (Wildman–Crippen MR) is 61.0 cm³/mol. The summed E-state index contributed by atoms with van der Waals surface area (Å²) in [6.45, 7) is 3.91. The van der Waals surface area contributed by atoms with Crippen LogP contribution in [0.2, 0.25) is 0 Å². The Morgan fingerprint density at radius 3 is 2.81 bits per heavy atom. The summed E-state index contributed by atoms with van der Waals surface area (Å²) in [5.74, 6) is 0. The predicted octanol–water partition coefficient (Wildman–Crippen LogP) is 3.13. The van der Waals surface area contributed by atoms with Gasteiger partial charge >= 0.3 is 6.16 Å². The highest BCUT2D eigenvalue weighted by Crippen LogP contribution is 2.26. The van der Waals surface area contributed by atoms with Crippen LogP contribution in [-0.2, 0) is 9.47 Å². The van der Waals surface area contributed by atoms with E-state index in [1.807, 2.05) is 19.1 Å². The highest BCUT2D eigenvalue weighted by Gasteiger charge is 2.35. The third-order valence-electron chi connectivity index (χ3n) is 2.84. The summed E-state index contributed by atoms with van der Waals surface area (Å²) < 4.78 is 10.1. The van der Waals surface area contributed by atoms with E-state index in [2.05, 4.69) is 19.1 Å². The average Bonchev–Trinajstić information content (AvgIpc) is 2.53. The lowest BCUT2D eigenvalue weighted by molar-refractivity contribution is 0.119. The Morgan fingerprint density at radius 2 is 2.12 bits per heavy atom. The van der Waals surface area contributed by atoms with E-state index in [1.165, 1.54) is 5.57 Å². The molecular weight excluding hydrogens is 204 g/mol. The molecule has 0 spiro atoms. The van der Waals surface area contributed by atoms with Gasteiger partial charge in [-0.2, -0.15) is 0 Å². The second kappa shape index (κ2) is 4.56. The normalized spacial score (nSPS) is 29.8. The Bertz CT molecular complexity index is 377. The van der Waals surface area contributed by atoms with Crippen molar-refractivity contribution in [2.24, 2.45) is 0 Å². The molecule has 2 aliphatic rings. The van der Waals surface area contributed by atoms with Gasteiger partial charge in [0.05, 0.1) is 0 Å². The molecule has 1 aliphatic heterocycles. The smallest absolute Gasteiger partial charge is 0.427 e. The zero-order valence-corrected chi connectivity index (χ0v) is 9.60. The first-order chi connectivity index (χ1) is 7.66. The van der Waals surface area contributed by atoms with Crippen molar-refractivity contribution in [1.29, 1.82) is 0 Å². The first-order valence-electron chi connectivity index (χ1n) is 5.58. The Hall–Kier alpha value is -1.51. The molecule has 0 aromatic rings. The molecule has 2 atom stereocenters. The maximum Gasteiger partial charge on any atom is 0.509 e. The van der Waals surface area contributed by atoms with Crippen LogP contribution in [0.25, 0.3) is 0 Å². The lowest BCUT2D eigenvalue weighted by Crippen LogP contribution is -2.21. The lowest BCUT2D eigenvalue weighted by atomic mass is 9.98. The van der Waals surface area contributed by atoms with E-state index >= 15 is 0 Å². The quantitative estimate of drug-likeness (QED) is 0.637. The molecule has 3 nitrogen and oxygen atoms in total. The van der Waals surface area contributed by atoms with E-state index in [-0.39, 0.29) is 12.2 Å². The average molecular weight is 220 g/mol. The molecular formula is C13H16O3. The molecule has 0 aromatic heterocycles. The van der Waals surface area contributed by atoms with Crippen molar-refractivity contribution < 1.29 is 14.3 Å². The van der Waals surface area contributed by atoms with Crippen LogP contribution in [0.5, 0.6) is 0 Å². The Kier molecular flexibility index (Phi) is 3.13. The largest absolute Gasteiger partial charge is 0.509 e. The number of rotatable bonds is 1. The maximum absolute atomic E-state index is 11.0. The number of hydrogen-bond donors (Lipinski definition) is 0. The maximum atomic E-state index is 11.0. The highest BCUT2D eigenvalue weighted by atomic mass is 16.8. The van der Waals surface area contributed by atoms with Gasteiger partial charge in [0, 0.05) is 0 Å². The molecule has 0 radical (unpaired) electrons. The van der Waals surface area contributed by atoms with Crippen molar-refractivity contribution in [2.45, 2.75) is 38.9 Å². The third kappa shape index (κ3) is 2.35. The number of carbonyl (C=O) groups excluding carboxylic acids is 1. The van der Waals surface area contributed by atoms with Crippen LogP contribution in [0.3, 0.4) is 0 Å². The van der Waals surface area contributed by atoms with E-state index in [9.17, 15) is 4.79 Å². The molecule has 0 saturated carbocycles. The first-order valence-corrected chi connectivity index (χ1v) is 5.58. The molecule has 1 heterocycles. The van der Waals surface area contributed by atoms with Gasteiger partial charge in [-0.15, -0.1) is 0 Å². The minimum absolute atomic E-state index is 0.184. The molecule has 0 aromatic carbocycles.